The fraction of sp³-hybridized carbons (Fsp3) is 0.222. The van der Waals surface area contributed by atoms with Gasteiger partial charge in [0.25, 0.3) is 0 Å². The molecule has 2 aromatic carbocycles. The second-order valence-corrected chi connectivity index (χ2v) is 4.86. The number of rotatable bonds is 6. The Morgan fingerprint density at radius 1 is 1.18 bits per heavy atom. The van der Waals surface area contributed by atoms with Gasteiger partial charge in [0, 0.05) is 12.0 Å². The van der Waals surface area contributed by atoms with E-state index >= 15 is 0 Å². The van der Waals surface area contributed by atoms with Gasteiger partial charge in [-0.15, -0.1) is 0 Å². The van der Waals surface area contributed by atoms with Gasteiger partial charge in [-0.1, -0.05) is 19.1 Å². The van der Waals surface area contributed by atoms with Gasteiger partial charge in [-0.2, -0.15) is 5.26 Å². The smallest absolute Gasteiger partial charge is 0.162 e. The number of hydrogen-bond acceptors (Lipinski definition) is 4. The van der Waals surface area contributed by atoms with E-state index in [0.29, 0.717) is 28.9 Å². The van der Waals surface area contributed by atoms with Crippen LogP contribution in [0.2, 0.25) is 0 Å². The van der Waals surface area contributed by atoms with Gasteiger partial charge in [0.1, 0.15) is 18.5 Å². The maximum atomic E-state index is 11.5. The third-order valence-electron chi connectivity index (χ3n) is 3.33. The fourth-order valence-electron chi connectivity index (χ4n) is 1.99. The number of ketones is 1. The van der Waals surface area contributed by atoms with Crippen LogP contribution in [0, 0.1) is 11.3 Å². The minimum Gasteiger partial charge on any atom is -0.491 e. The molecular weight excluding hydrogens is 278 g/mol. The molecule has 0 bridgehead atoms. The van der Waals surface area contributed by atoms with Gasteiger partial charge in [-0.3, -0.25) is 4.79 Å². The largest absolute Gasteiger partial charge is 0.491 e. The first-order valence-electron chi connectivity index (χ1n) is 7.08. The van der Waals surface area contributed by atoms with Crippen molar-refractivity contribution in [3.05, 3.63) is 65.2 Å². The Kier molecular flexibility index (Phi) is 5.29. The second-order valence-electron chi connectivity index (χ2n) is 4.86. The molecule has 0 saturated carbocycles. The summed E-state index contributed by atoms with van der Waals surface area (Å²) in [5.41, 5.74) is 1.90. The average molecular weight is 295 g/mol. The van der Waals surface area contributed by atoms with Gasteiger partial charge in [-0.25, -0.2) is 0 Å². The molecule has 4 nitrogen and oxygen atoms in total. The summed E-state index contributed by atoms with van der Waals surface area (Å²) in [7, 11) is 0. The van der Waals surface area contributed by atoms with Crippen LogP contribution in [0.3, 0.4) is 0 Å². The number of nitrogens with zero attached hydrogens (tertiary/aromatic N) is 1. The van der Waals surface area contributed by atoms with Crippen LogP contribution in [0.5, 0.6) is 5.75 Å². The molecule has 0 spiro atoms. The van der Waals surface area contributed by atoms with E-state index in [9.17, 15) is 9.90 Å². The van der Waals surface area contributed by atoms with Gasteiger partial charge in [0.2, 0.25) is 0 Å². The van der Waals surface area contributed by atoms with Crippen LogP contribution >= 0.6 is 0 Å². The molecule has 0 aliphatic carbocycles. The molecule has 1 N–H and O–H groups in total. The van der Waals surface area contributed by atoms with Gasteiger partial charge in [0.15, 0.2) is 5.78 Å². The molecular formula is C18H17NO3. The monoisotopic (exact) mass is 295 g/mol. The first-order chi connectivity index (χ1) is 10.6. The van der Waals surface area contributed by atoms with E-state index in [1.165, 1.54) is 0 Å². The first kappa shape index (κ1) is 15.7. The molecule has 0 radical (unpaired) electrons. The Hall–Kier alpha value is -2.64. The van der Waals surface area contributed by atoms with Crippen molar-refractivity contribution in [1.29, 1.82) is 5.26 Å². The fourth-order valence-corrected chi connectivity index (χ4v) is 1.99. The highest BCUT2D eigenvalue weighted by molar-refractivity contribution is 5.95. The van der Waals surface area contributed by atoms with Crippen molar-refractivity contribution in [2.24, 2.45) is 0 Å². The van der Waals surface area contributed by atoms with Crippen LogP contribution in [0.1, 0.15) is 40.9 Å². The molecule has 4 heteroatoms. The van der Waals surface area contributed by atoms with E-state index in [2.05, 4.69) is 0 Å². The molecule has 1 atom stereocenters. The summed E-state index contributed by atoms with van der Waals surface area (Å²) in [4.78, 5) is 11.5. The standard InChI is InChI=1S/C18H17NO3/c1-2-17(20)14-7-9-16(10-8-14)22-12-18(21)15-5-3-13(11-19)4-6-15/h3-10,18,21H,2,12H2,1H3. The van der Waals surface area contributed by atoms with Gasteiger partial charge >= 0.3 is 0 Å². The van der Waals surface area contributed by atoms with Crippen LogP contribution in [0.4, 0.5) is 0 Å². The lowest BCUT2D eigenvalue weighted by atomic mass is 10.1. The highest BCUT2D eigenvalue weighted by Gasteiger charge is 2.09. The van der Waals surface area contributed by atoms with Crippen molar-refractivity contribution in [2.75, 3.05) is 6.61 Å². The summed E-state index contributed by atoms with van der Waals surface area (Å²) in [6.45, 7) is 1.92. The number of carbonyl (C=O) groups excluding carboxylic acids is 1. The minimum atomic E-state index is -0.773. The quantitative estimate of drug-likeness (QED) is 0.830. The topological polar surface area (TPSA) is 70.3 Å². The van der Waals surface area contributed by atoms with Crippen molar-refractivity contribution in [3.63, 3.8) is 0 Å². The van der Waals surface area contributed by atoms with Crippen LogP contribution < -0.4 is 4.74 Å². The Bertz CT molecular complexity index is 669. The van der Waals surface area contributed by atoms with E-state index in [0.717, 1.165) is 0 Å². The number of aliphatic hydroxyl groups is 1. The average Bonchev–Trinajstić information content (AvgIpc) is 2.59. The molecule has 0 aliphatic rings. The molecule has 2 aromatic rings. The zero-order valence-corrected chi connectivity index (χ0v) is 12.3. The molecule has 0 aliphatic heterocycles. The van der Waals surface area contributed by atoms with Crippen molar-refractivity contribution >= 4 is 5.78 Å². The molecule has 22 heavy (non-hydrogen) atoms. The number of nitriles is 1. The molecule has 112 valence electrons. The molecule has 0 amide bonds. The van der Waals surface area contributed by atoms with Crippen LogP contribution in [-0.2, 0) is 0 Å². The lowest BCUT2D eigenvalue weighted by Gasteiger charge is -2.13. The van der Waals surface area contributed by atoms with E-state index < -0.39 is 6.10 Å². The molecule has 1 unspecified atom stereocenters. The van der Waals surface area contributed by atoms with E-state index in [4.69, 9.17) is 10.00 Å². The van der Waals surface area contributed by atoms with Crippen LogP contribution in [-0.4, -0.2) is 17.5 Å². The first-order valence-corrected chi connectivity index (χ1v) is 7.08. The maximum Gasteiger partial charge on any atom is 0.162 e. The lowest BCUT2D eigenvalue weighted by Crippen LogP contribution is -2.09. The van der Waals surface area contributed by atoms with Gasteiger partial charge in [-0.05, 0) is 42.0 Å². The number of benzene rings is 2. The summed E-state index contributed by atoms with van der Waals surface area (Å²) in [6.07, 6.45) is -0.304. The number of aliphatic hydroxyl groups excluding tert-OH is 1. The summed E-state index contributed by atoms with van der Waals surface area (Å²) in [5.74, 6) is 0.685. The van der Waals surface area contributed by atoms with E-state index in [-0.39, 0.29) is 12.4 Å². The van der Waals surface area contributed by atoms with E-state index in [1.807, 2.05) is 13.0 Å². The third-order valence-corrected chi connectivity index (χ3v) is 3.33. The lowest BCUT2D eigenvalue weighted by molar-refractivity contribution is 0.0987. The highest BCUT2D eigenvalue weighted by Crippen LogP contribution is 2.18. The van der Waals surface area contributed by atoms with Crippen LogP contribution in [0.15, 0.2) is 48.5 Å². The van der Waals surface area contributed by atoms with E-state index in [1.54, 1.807) is 48.5 Å². The van der Waals surface area contributed by atoms with Crippen molar-refractivity contribution in [3.8, 4) is 11.8 Å². The van der Waals surface area contributed by atoms with Crippen LogP contribution in [0.25, 0.3) is 0 Å². The molecule has 0 saturated heterocycles. The maximum absolute atomic E-state index is 11.5. The zero-order chi connectivity index (χ0) is 15.9. The third kappa shape index (κ3) is 3.94. The van der Waals surface area contributed by atoms with Crippen molar-refractivity contribution in [2.45, 2.75) is 19.4 Å². The Labute approximate surface area is 129 Å². The summed E-state index contributed by atoms with van der Waals surface area (Å²) in [6, 6.07) is 15.6. The van der Waals surface area contributed by atoms with Gasteiger partial charge < -0.3 is 9.84 Å². The molecule has 0 fully saturated rings. The molecule has 2 rings (SSSR count). The number of hydrogen-bond donors (Lipinski definition) is 1. The highest BCUT2D eigenvalue weighted by atomic mass is 16.5. The Balaban J connectivity index is 1.94. The summed E-state index contributed by atoms with van der Waals surface area (Å²) < 4.78 is 5.52. The SMILES string of the molecule is CCC(=O)c1ccc(OCC(O)c2ccc(C#N)cc2)cc1. The van der Waals surface area contributed by atoms with Crippen molar-refractivity contribution in [1.82, 2.24) is 0 Å². The number of Topliss-reactive ketones (excluding diaryl/α,β-unsaturated/α-hetero) is 1. The Morgan fingerprint density at radius 2 is 1.82 bits per heavy atom. The zero-order valence-electron chi connectivity index (χ0n) is 12.3. The minimum absolute atomic E-state index is 0.0872. The number of ether oxygens (including phenoxy) is 1. The molecule has 0 aromatic heterocycles. The summed E-state index contributed by atoms with van der Waals surface area (Å²) >= 11 is 0. The second kappa shape index (κ2) is 7.39. The normalized spacial score (nSPS) is 11.5. The summed E-state index contributed by atoms with van der Waals surface area (Å²) in [5, 5.41) is 18.8. The molecule has 0 heterocycles. The van der Waals surface area contributed by atoms with Gasteiger partial charge in [0.05, 0.1) is 11.6 Å². The number of carbonyl (C=O) groups is 1. The Morgan fingerprint density at radius 3 is 2.36 bits per heavy atom. The predicted molar refractivity (Wildman–Crippen MR) is 82.7 cm³/mol. The van der Waals surface area contributed by atoms with Crippen molar-refractivity contribution < 1.29 is 14.6 Å². The predicted octanol–water partition coefficient (Wildman–Crippen LogP) is 3.26.